The fraction of sp³-hybridized carbons (Fsp3) is 0.444. The summed E-state index contributed by atoms with van der Waals surface area (Å²) in [7, 11) is 0. The Labute approximate surface area is 74.3 Å². The van der Waals surface area contributed by atoms with Crippen LogP contribution in [0.5, 0.6) is 0 Å². The minimum atomic E-state index is -0.00236. The van der Waals surface area contributed by atoms with Gasteiger partial charge < -0.3 is 14.7 Å². The summed E-state index contributed by atoms with van der Waals surface area (Å²) in [4.78, 5) is 0. The number of hydrogen-bond donors (Lipinski definition) is 0. The summed E-state index contributed by atoms with van der Waals surface area (Å²) >= 11 is 0. The van der Waals surface area contributed by atoms with E-state index < -0.39 is 0 Å². The van der Waals surface area contributed by atoms with Gasteiger partial charge in [0.25, 0.3) is 0 Å². The van der Waals surface area contributed by atoms with E-state index in [4.69, 9.17) is 9.47 Å². The third kappa shape index (κ3) is 0.629. The van der Waals surface area contributed by atoms with Crippen molar-refractivity contribution in [3.8, 4) is 0 Å². The van der Waals surface area contributed by atoms with Crippen LogP contribution in [0.15, 0.2) is 18.3 Å². The molecule has 2 aliphatic heterocycles. The quantitative estimate of drug-likeness (QED) is 0.323. The van der Waals surface area contributed by atoms with Crippen LogP contribution in [0.3, 0.4) is 0 Å². The van der Waals surface area contributed by atoms with Crippen molar-refractivity contribution in [1.82, 2.24) is 0 Å². The average Bonchev–Trinajstić information content (AvgIpc) is 2.98. The lowest BCUT2D eigenvalue weighted by Crippen LogP contribution is -2.34. The van der Waals surface area contributed by atoms with E-state index in [0.29, 0.717) is 0 Å². The molecule has 2 fully saturated rings. The van der Waals surface area contributed by atoms with Crippen LogP contribution in [0.2, 0.25) is 0 Å². The minimum Gasteiger partial charge on any atom is -0.618 e. The monoisotopic (exact) mass is 177 g/mol. The minimum absolute atomic E-state index is 0.00236. The Hall–Kier alpha value is -1.13. The van der Waals surface area contributed by atoms with Crippen molar-refractivity contribution in [1.29, 1.82) is 0 Å². The second-order valence-corrected chi connectivity index (χ2v) is 3.72. The number of ether oxygens (including phenoxy) is 2. The molecule has 1 aromatic heterocycles. The molecule has 4 rings (SSSR count). The Balaban J connectivity index is 2.00. The summed E-state index contributed by atoms with van der Waals surface area (Å²) < 4.78 is 11.7. The van der Waals surface area contributed by atoms with E-state index in [0.717, 1.165) is 16.0 Å². The van der Waals surface area contributed by atoms with E-state index in [1.165, 1.54) is 6.20 Å². The van der Waals surface area contributed by atoms with Gasteiger partial charge in [-0.25, -0.2) is 0 Å². The van der Waals surface area contributed by atoms with Crippen LogP contribution in [-0.4, -0.2) is 12.2 Å². The van der Waals surface area contributed by atoms with E-state index >= 15 is 0 Å². The van der Waals surface area contributed by atoms with Crippen LogP contribution in [0.1, 0.15) is 23.5 Å². The first-order valence-electron chi connectivity index (χ1n) is 4.39. The zero-order chi connectivity index (χ0) is 8.58. The third-order valence-electron chi connectivity index (χ3n) is 2.98. The Morgan fingerprint density at radius 1 is 1.23 bits per heavy atom. The van der Waals surface area contributed by atoms with Crippen molar-refractivity contribution in [2.45, 2.75) is 24.4 Å². The van der Waals surface area contributed by atoms with Gasteiger partial charge in [-0.2, -0.15) is 4.73 Å². The highest BCUT2D eigenvalue weighted by atomic mass is 16.7. The maximum absolute atomic E-state index is 11.4. The van der Waals surface area contributed by atoms with Gasteiger partial charge in [0.2, 0.25) is 5.69 Å². The zero-order valence-corrected chi connectivity index (χ0v) is 6.71. The smallest absolute Gasteiger partial charge is 0.230 e. The molecule has 66 valence electrons. The van der Waals surface area contributed by atoms with E-state index in [-0.39, 0.29) is 24.4 Å². The number of rotatable bonds is 0. The summed E-state index contributed by atoms with van der Waals surface area (Å²) in [5.74, 6) is 0. The Morgan fingerprint density at radius 3 is 2.92 bits per heavy atom. The largest absolute Gasteiger partial charge is 0.618 e. The fourth-order valence-corrected chi connectivity index (χ4v) is 2.27. The number of epoxide rings is 2. The van der Waals surface area contributed by atoms with Gasteiger partial charge in [0.05, 0.1) is 5.56 Å². The summed E-state index contributed by atoms with van der Waals surface area (Å²) in [6.45, 7) is 0. The van der Waals surface area contributed by atoms with Gasteiger partial charge in [-0.15, -0.1) is 0 Å². The van der Waals surface area contributed by atoms with Crippen molar-refractivity contribution < 1.29 is 14.2 Å². The van der Waals surface area contributed by atoms with Crippen LogP contribution in [0.4, 0.5) is 0 Å². The van der Waals surface area contributed by atoms with Crippen molar-refractivity contribution >= 4 is 0 Å². The van der Waals surface area contributed by atoms with E-state index in [9.17, 15) is 5.21 Å². The number of fused-ring (bicyclic) bond motifs is 6. The normalized spacial score (nSPS) is 43.1. The fourth-order valence-electron chi connectivity index (χ4n) is 2.27. The molecule has 1 aromatic rings. The molecule has 0 aromatic carbocycles. The molecular weight excluding hydrogens is 170 g/mol. The van der Waals surface area contributed by atoms with Gasteiger partial charge in [0.1, 0.15) is 18.3 Å². The Bertz CT molecular complexity index is 406. The predicted octanol–water partition coefficient (Wildman–Crippen LogP) is 0.213. The first-order valence-corrected chi connectivity index (χ1v) is 4.39. The highest BCUT2D eigenvalue weighted by Crippen LogP contribution is 2.59. The zero-order valence-electron chi connectivity index (χ0n) is 6.71. The molecule has 2 saturated heterocycles. The average molecular weight is 177 g/mol. The molecule has 0 amide bonds. The molecule has 0 spiro atoms. The molecule has 1 aliphatic carbocycles. The second-order valence-electron chi connectivity index (χ2n) is 3.72. The number of nitrogens with zero attached hydrogens (tertiary/aromatic N) is 1. The Morgan fingerprint density at radius 2 is 2.00 bits per heavy atom. The van der Waals surface area contributed by atoms with Crippen molar-refractivity contribution in [3.05, 3.63) is 34.8 Å². The summed E-state index contributed by atoms with van der Waals surface area (Å²) in [6.07, 6.45) is 2.01. The number of pyridine rings is 1. The highest BCUT2D eigenvalue weighted by Gasteiger charge is 2.67. The molecule has 13 heavy (non-hydrogen) atoms. The van der Waals surface area contributed by atoms with Crippen LogP contribution >= 0.6 is 0 Å². The van der Waals surface area contributed by atoms with Gasteiger partial charge in [0.15, 0.2) is 12.3 Å². The van der Waals surface area contributed by atoms with Gasteiger partial charge in [-0.1, -0.05) is 0 Å². The molecule has 4 nitrogen and oxygen atoms in total. The molecule has 0 saturated carbocycles. The van der Waals surface area contributed by atoms with Crippen LogP contribution < -0.4 is 4.73 Å². The topological polar surface area (TPSA) is 52.0 Å². The molecule has 0 N–H and O–H groups in total. The molecule has 0 radical (unpaired) electrons. The molecule has 4 atom stereocenters. The lowest BCUT2D eigenvalue weighted by molar-refractivity contribution is -0.616. The molecule has 3 aliphatic rings. The summed E-state index contributed by atoms with van der Waals surface area (Å²) in [6, 6.07) is 3.71. The predicted molar refractivity (Wildman–Crippen MR) is 40.6 cm³/mol. The molecular formula is C9H7NO3. The van der Waals surface area contributed by atoms with Crippen molar-refractivity contribution in [2.75, 3.05) is 0 Å². The van der Waals surface area contributed by atoms with Gasteiger partial charge >= 0.3 is 0 Å². The lowest BCUT2D eigenvalue weighted by atomic mass is 9.96. The first kappa shape index (κ1) is 6.34. The van der Waals surface area contributed by atoms with Crippen molar-refractivity contribution in [2.24, 2.45) is 0 Å². The molecule has 0 bridgehead atoms. The standard InChI is InChI=1S/C9H7NO3/c11-10-3-1-2-4-5(10)7-9(13-7)8-6(4)12-8/h1-3,6-9H/t6-,7+,8-,9+/m0/s1. The SMILES string of the molecule is [O-][n+]1cccc2c1[C@H]1O[C@H]1[C@H]1O[C@@H]21. The summed E-state index contributed by atoms with van der Waals surface area (Å²) in [5, 5.41) is 11.4. The van der Waals surface area contributed by atoms with Gasteiger partial charge in [-0.3, -0.25) is 0 Å². The number of hydrogen-bond acceptors (Lipinski definition) is 3. The molecule has 3 heterocycles. The van der Waals surface area contributed by atoms with Crippen LogP contribution in [0, 0.1) is 5.21 Å². The highest BCUT2D eigenvalue weighted by molar-refractivity contribution is 5.35. The van der Waals surface area contributed by atoms with Gasteiger partial charge in [0, 0.05) is 6.07 Å². The second kappa shape index (κ2) is 1.71. The van der Waals surface area contributed by atoms with Crippen molar-refractivity contribution in [3.63, 3.8) is 0 Å². The van der Waals surface area contributed by atoms with Crippen LogP contribution in [0.25, 0.3) is 0 Å². The molecule has 4 heteroatoms. The number of aromatic nitrogens is 1. The first-order chi connectivity index (χ1) is 6.36. The van der Waals surface area contributed by atoms with E-state index in [2.05, 4.69) is 0 Å². The lowest BCUT2D eigenvalue weighted by Gasteiger charge is -2.07. The van der Waals surface area contributed by atoms with Gasteiger partial charge in [-0.05, 0) is 6.07 Å². The summed E-state index contributed by atoms with van der Waals surface area (Å²) in [5.41, 5.74) is 1.77. The Kier molecular flexibility index (Phi) is 0.835. The molecule has 0 unspecified atom stereocenters. The van der Waals surface area contributed by atoms with Crippen LogP contribution in [-0.2, 0) is 9.47 Å². The van der Waals surface area contributed by atoms with E-state index in [1.54, 1.807) is 6.07 Å². The maximum atomic E-state index is 11.4. The maximum Gasteiger partial charge on any atom is 0.230 e. The third-order valence-corrected chi connectivity index (χ3v) is 2.98. The van der Waals surface area contributed by atoms with E-state index in [1.807, 2.05) is 6.07 Å².